The molecule has 0 saturated carbocycles. The minimum Gasteiger partial charge on any atom is -0.481 e. The Morgan fingerprint density at radius 1 is 1.06 bits per heavy atom. The molecule has 276 valence electrons. The molecule has 53 heavy (non-hydrogen) atoms. The first-order valence-corrected chi connectivity index (χ1v) is 17.9. The van der Waals surface area contributed by atoms with E-state index in [-0.39, 0.29) is 34.6 Å². The number of aryl methyl sites for hydroxylation is 2. The molecule has 1 aliphatic heterocycles. The van der Waals surface area contributed by atoms with Crippen LogP contribution in [0.2, 0.25) is 5.02 Å². The Bertz CT molecular complexity index is 2290. The van der Waals surface area contributed by atoms with Crippen molar-refractivity contribution in [3.05, 3.63) is 92.5 Å². The van der Waals surface area contributed by atoms with Crippen LogP contribution in [0.1, 0.15) is 60.5 Å². The highest BCUT2D eigenvalue weighted by atomic mass is 35.5. The Morgan fingerprint density at radius 2 is 1.81 bits per heavy atom. The number of nitrogens with one attached hydrogen (secondary N) is 2. The second kappa shape index (κ2) is 14.4. The summed E-state index contributed by atoms with van der Waals surface area (Å²) in [6, 6.07) is 14.2. The van der Waals surface area contributed by atoms with Gasteiger partial charge >= 0.3 is 6.18 Å². The van der Waals surface area contributed by atoms with Crippen LogP contribution in [0.5, 0.6) is 5.88 Å². The van der Waals surface area contributed by atoms with E-state index in [1.165, 1.54) is 13.2 Å². The number of nitrogens with zero attached hydrogens (tertiary/aromatic N) is 5. The lowest BCUT2D eigenvalue weighted by molar-refractivity contribution is -0.141. The molecule has 10 nitrogen and oxygen atoms in total. The normalized spacial score (nSPS) is 17.3. The first-order chi connectivity index (χ1) is 25.3. The lowest BCUT2D eigenvalue weighted by Crippen LogP contribution is -2.40. The fourth-order valence-electron chi connectivity index (χ4n) is 7.55. The van der Waals surface area contributed by atoms with E-state index in [0.717, 1.165) is 66.1 Å². The first kappa shape index (κ1) is 36.4. The zero-order valence-electron chi connectivity index (χ0n) is 29.8. The molecule has 1 aliphatic carbocycles. The smallest absolute Gasteiger partial charge is 0.433 e. The number of methoxy groups -OCH3 is 1. The number of anilines is 2. The highest BCUT2D eigenvalue weighted by Crippen LogP contribution is 2.45. The highest BCUT2D eigenvalue weighted by Gasteiger charge is 2.35. The van der Waals surface area contributed by atoms with Crippen molar-refractivity contribution >= 4 is 39.8 Å². The van der Waals surface area contributed by atoms with Crippen LogP contribution in [-0.4, -0.2) is 57.3 Å². The summed E-state index contributed by atoms with van der Waals surface area (Å²) in [5.41, 5.74) is 4.41. The van der Waals surface area contributed by atoms with E-state index < -0.39 is 17.4 Å². The molecule has 0 radical (unpaired) electrons. The Balaban J connectivity index is 1.20. The van der Waals surface area contributed by atoms with Crippen LogP contribution < -0.4 is 20.9 Å². The molecule has 2 unspecified atom stereocenters. The molecule has 3 aromatic heterocycles. The summed E-state index contributed by atoms with van der Waals surface area (Å²) < 4.78 is 48.5. The van der Waals surface area contributed by atoms with Gasteiger partial charge in [-0.15, -0.1) is 0 Å². The van der Waals surface area contributed by atoms with Crippen LogP contribution in [0.15, 0.2) is 59.5 Å². The van der Waals surface area contributed by atoms with Crippen LogP contribution in [-0.2, 0) is 24.4 Å². The van der Waals surface area contributed by atoms with Crippen molar-refractivity contribution in [1.29, 1.82) is 0 Å². The predicted octanol–water partition coefficient (Wildman–Crippen LogP) is 7.77. The third kappa shape index (κ3) is 7.07. The van der Waals surface area contributed by atoms with Gasteiger partial charge in [0.25, 0.3) is 5.56 Å². The van der Waals surface area contributed by atoms with Crippen molar-refractivity contribution in [3.8, 4) is 28.3 Å². The molecule has 4 heterocycles. The van der Waals surface area contributed by atoms with Crippen LogP contribution in [0.4, 0.5) is 24.7 Å². The number of benzene rings is 2. The van der Waals surface area contributed by atoms with Gasteiger partial charge in [0.15, 0.2) is 0 Å². The van der Waals surface area contributed by atoms with E-state index in [4.69, 9.17) is 21.3 Å². The molecule has 7 rings (SSSR count). The van der Waals surface area contributed by atoms with E-state index in [1.54, 1.807) is 19.2 Å². The molecule has 0 spiro atoms. The molecular formula is C39H39ClF3N7O3. The summed E-state index contributed by atoms with van der Waals surface area (Å²) in [5, 5.41) is 10.5. The maximum absolute atomic E-state index is 13.8. The quantitative estimate of drug-likeness (QED) is 0.157. The summed E-state index contributed by atoms with van der Waals surface area (Å²) in [6.07, 6.45) is 1.64. The summed E-state index contributed by atoms with van der Waals surface area (Å²) in [5.74, 6) is 0.448. The number of halogens is 4. The zero-order chi connectivity index (χ0) is 37.6. The molecule has 1 amide bonds. The number of piperidine rings is 1. The van der Waals surface area contributed by atoms with Crippen molar-refractivity contribution in [2.24, 2.45) is 7.05 Å². The standard InChI is InChI=1S/C39H39ClF3N7O3/c1-21-25(9-7-12-28(21)46-36-34-23(20-44-50(3)38(34)52)19-31(48-36)39(41,42)43)26-10-6-11-27(35(26)40)29-18-22-14-15-30(33(22)37(47-29)53-4)49(2)17-16-24-8-5-13-32(51)45-24/h6-7,9-12,18-20,24,30H,5,8,13-17H2,1-4H3,(H,45,51)(H,46,48). The minimum atomic E-state index is -4.74. The third-order valence-electron chi connectivity index (χ3n) is 10.4. The lowest BCUT2D eigenvalue weighted by Gasteiger charge is -2.29. The van der Waals surface area contributed by atoms with E-state index in [9.17, 15) is 22.8 Å². The number of alkyl halides is 3. The van der Waals surface area contributed by atoms with Gasteiger partial charge in [-0.3, -0.25) is 14.5 Å². The van der Waals surface area contributed by atoms with Crippen LogP contribution in [0.3, 0.4) is 0 Å². The summed E-state index contributed by atoms with van der Waals surface area (Å²) in [6.45, 7) is 2.65. The fraction of sp³-hybridized carbons (Fsp3) is 0.359. The SMILES string of the molecule is COc1nc(-c2cccc(-c3cccc(Nc4nc(C(F)(F)F)cc5cnn(C)c(=O)c45)c3C)c2Cl)cc2c1C(N(C)CCC1CCCC(=O)N1)CC2. The maximum Gasteiger partial charge on any atom is 0.433 e. The van der Waals surface area contributed by atoms with E-state index in [0.29, 0.717) is 45.4 Å². The molecule has 14 heteroatoms. The lowest BCUT2D eigenvalue weighted by atomic mass is 9.96. The summed E-state index contributed by atoms with van der Waals surface area (Å²) >= 11 is 7.17. The number of amides is 1. The number of carbonyl (C=O) groups excluding carboxylic acids is 1. The number of pyridine rings is 2. The number of carbonyl (C=O) groups is 1. The third-order valence-corrected chi connectivity index (χ3v) is 10.8. The molecule has 2 N–H and O–H groups in total. The zero-order valence-corrected chi connectivity index (χ0v) is 30.5. The number of hydrogen-bond donors (Lipinski definition) is 2. The second-order valence-corrected chi connectivity index (χ2v) is 14.1. The van der Waals surface area contributed by atoms with Crippen LogP contribution >= 0.6 is 11.6 Å². The van der Waals surface area contributed by atoms with E-state index in [1.807, 2.05) is 31.2 Å². The van der Waals surface area contributed by atoms with E-state index >= 15 is 0 Å². The maximum atomic E-state index is 13.8. The van der Waals surface area contributed by atoms with Crippen molar-refractivity contribution in [3.63, 3.8) is 0 Å². The number of aromatic nitrogens is 4. The van der Waals surface area contributed by atoms with Gasteiger partial charge < -0.3 is 15.4 Å². The van der Waals surface area contributed by atoms with Gasteiger partial charge in [-0.2, -0.15) is 18.3 Å². The number of rotatable bonds is 9. The first-order valence-electron chi connectivity index (χ1n) is 17.5. The van der Waals surface area contributed by atoms with Gasteiger partial charge in [0, 0.05) is 59.9 Å². The molecule has 0 bridgehead atoms. The number of fused-ring (bicyclic) bond motifs is 2. The average molecular weight is 746 g/mol. The molecule has 1 fully saturated rings. The Hall–Kier alpha value is -5.01. The Labute approximate surface area is 309 Å². The van der Waals surface area contributed by atoms with Crippen molar-refractivity contribution in [2.45, 2.75) is 63.7 Å². The van der Waals surface area contributed by atoms with Gasteiger partial charge in [-0.25, -0.2) is 14.6 Å². The summed E-state index contributed by atoms with van der Waals surface area (Å²) in [4.78, 5) is 36.0. The number of ether oxygens (including phenoxy) is 1. The number of hydrogen-bond acceptors (Lipinski definition) is 8. The molecular weight excluding hydrogens is 707 g/mol. The van der Waals surface area contributed by atoms with Crippen molar-refractivity contribution < 1.29 is 22.7 Å². The predicted molar refractivity (Wildman–Crippen MR) is 199 cm³/mol. The van der Waals surface area contributed by atoms with Gasteiger partial charge in [-0.1, -0.05) is 41.9 Å². The summed E-state index contributed by atoms with van der Waals surface area (Å²) in [7, 11) is 5.15. The molecule has 2 atom stereocenters. The van der Waals surface area contributed by atoms with Crippen LogP contribution in [0.25, 0.3) is 33.2 Å². The van der Waals surface area contributed by atoms with Gasteiger partial charge in [-0.05, 0) is 81.0 Å². The second-order valence-electron chi connectivity index (χ2n) is 13.7. The molecule has 5 aromatic rings. The van der Waals surface area contributed by atoms with Gasteiger partial charge in [0.1, 0.15) is 11.5 Å². The fourth-order valence-corrected chi connectivity index (χ4v) is 7.87. The van der Waals surface area contributed by atoms with Crippen LogP contribution in [0, 0.1) is 6.92 Å². The van der Waals surface area contributed by atoms with Gasteiger partial charge in [0.05, 0.1) is 29.4 Å². The Morgan fingerprint density at radius 3 is 2.57 bits per heavy atom. The molecule has 1 saturated heterocycles. The van der Waals surface area contributed by atoms with E-state index in [2.05, 4.69) is 38.7 Å². The molecule has 2 aromatic carbocycles. The molecule has 2 aliphatic rings. The Kier molecular flexibility index (Phi) is 9.90. The largest absolute Gasteiger partial charge is 0.481 e. The average Bonchev–Trinajstić information content (AvgIpc) is 3.57. The minimum absolute atomic E-state index is 0.0110. The highest BCUT2D eigenvalue weighted by molar-refractivity contribution is 6.36. The topological polar surface area (TPSA) is 114 Å². The monoisotopic (exact) mass is 745 g/mol. The van der Waals surface area contributed by atoms with Crippen molar-refractivity contribution in [1.82, 2.24) is 30.0 Å². The van der Waals surface area contributed by atoms with Crippen molar-refractivity contribution in [2.75, 3.05) is 26.0 Å². The van der Waals surface area contributed by atoms with Gasteiger partial charge in [0.2, 0.25) is 11.8 Å².